The van der Waals surface area contributed by atoms with Crippen molar-refractivity contribution >= 4 is 50.8 Å². The average Bonchev–Trinajstić information content (AvgIpc) is 3.64. The van der Waals surface area contributed by atoms with Gasteiger partial charge in [0.1, 0.15) is 18.2 Å². The molecule has 13 heteroatoms. The number of hydrogen-bond acceptors (Lipinski definition) is 8. The lowest BCUT2D eigenvalue weighted by molar-refractivity contribution is -0.0591. The number of amides is 1. The Bertz CT molecular complexity index is 2260. The molecular formula is C37H34ClFN8O3. The summed E-state index contributed by atoms with van der Waals surface area (Å²) < 4.78 is 28.1. The number of hydrogen-bond donors (Lipinski definition) is 2. The molecule has 6 heterocycles. The lowest BCUT2D eigenvalue weighted by Crippen LogP contribution is -2.33. The number of carbonyl (C=O) groups is 1. The predicted octanol–water partition coefficient (Wildman–Crippen LogP) is 6.71. The van der Waals surface area contributed by atoms with Crippen molar-refractivity contribution in [3.8, 4) is 5.88 Å². The zero-order valence-corrected chi connectivity index (χ0v) is 28.1. The highest BCUT2D eigenvalue weighted by molar-refractivity contribution is 6.30. The highest BCUT2D eigenvalue weighted by atomic mass is 35.5. The van der Waals surface area contributed by atoms with Crippen LogP contribution in [0.2, 0.25) is 5.02 Å². The summed E-state index contributed by atoms with van der Waals surface area (Å²) in [6.45, 7) is 5.62. The minimum absolute atomic E-state index is 0.0603. The molecule has 0 radical (unpaired) electrons. The summed E-state index contributed by atoms with van der Waals surface area (Å²) in [4.78, 5) is 29.7. The molecule has 6 aromatic rings. The Labute approximate surface area is 292 Å². The van der Waals surface area contributed by atoms with E-state index >= 15 is 0 Å². The molecule has 2 N–H and O–H groups in total. The van der Waals surface area contributed by atoms with E-state index in [0.717, 1.165) is 71.7 Å². The van der Waals surface area contributed by atoms with Gasteiger partial charge in [0.25, 0.3) is 5.91 Å². The minimum atomic E-state index is -0.407. The third kappa shape index (κ3) is 6.69. The van der Waals surface area contributed by atoms with Gasteiger partial charge in [0.2, 0.25) is 5.88 Å². The second-order valence-corrected chi connectivity index (χ2v) is 13.0. The van der Waals surface area contributed by atoms with Crippen molar-refractivity contribution in [1.82, 2.24) is 34.6 Å². The molecule has 0 saturated carbocycles. The quantitative estimate of drug-likeness (QED) is 0.162. The number of ether oxygens (including phenoxy) is 2. The number of benzene rings is 2. The van der Waals surface area contributed by atoms with E-state index in [2.05, 4.69) is 36.0 Å². The van der Waals surface area contributed by atoms with E-state index in [4.69, 9.17) is 31.0 Å². The number of anilines is 1. The Balaban J connectivity index is 0.965. The zero-order valence-electron chi connectivity index (χ0n) is 27.3. The third-order valence-electron chi connectivity index (χ3n) is 9.24. The summed E-state index contributed by atoms with van der Waals surface area (Å²) in [5.41, 5.74) is 6.73. The average molecular weight is 693 g/mol. The molecule has 0 aliphatic carbocycles. The largest absolute Gasteiger partial charge is 0.473 e. The number of rotatable bonds is 10. The van der Waals surface area contributed by atoms with Crippen LogP contribution >= 0.6 is 11.6 Å². The molecule has 2 aromatic carbocycles. The molecule has 4 aromatic heterocycles. The maximum Gasteiger partial charge on any atom is 0.255 e. The van der Waals surface area contributed by atoms with Crippen LogP contribution in [0.25, 0.3) is 27.6 Å². The summed E-state index contributed by atoms with van der Waals surface area (Å²) >= 11 is 5.87. The van der Waals surface area contributed by atoms with Crippen LogP contribution in [0.4, 0.5) is 10.1 Å². The molecule has 1 amide bonds. The number of halogens is 2. The second-order valence-electron chi connectivity index (χ2n) is 12.6. The summed E-state index contributed by atoms with van der Waals surface area (Å²) in [5.74, 6) is 0.724. The van der Waals surface area contributed by atoms with Crippen LogP contribution in [0.5, 0.6) is 5.88 Å². The summed E-state index contributed by atoms with van der Waals surface area (Å²) in [6, 6.07) is 17.7. The Morgan fingerprint density at radius 1 is 1.16 bits per heavy atom. The van der Waals surface area contributed by atoms with Crippen molar-refractivity contribution < 1.29 is 18.7 Å². The van der Waals surface area contributed by atoms with Gasteiger partial charge in [-0.25, -0.2) is 19.3 Å². The molecule has 0 unspecified atom stereocenters. The number of aromatic nitrogens is 6. The van der Waals surface area contributed by atoms with Gasteiger partial charge in [-0.05, 0) is 67.8 Å². The molecule has 1 fully saturated rings. The molecule has 50 heavy (non-hydrogen) atoms. The number of H-pyrrole nitrogens is 1. The van der Waals surface area contributed by atoms with Gasteiger partial charge in [-0.3, -0.25) is 14.8 Å². The van der Waals surface area contributed by atoms with Gasteiger partial charge >= 0.3 is 0 Å². The molecule has 0 bridgehead atoms. The number of imidazole rings is 1. The van der Waals surface area contributed by atoms with Gasteiger partial charge in [0.05, 0.1) is 53.5 Å². The van der Waals surface area contributed by atoms with E-state index in [1.807, 2.05) is 43.3 Å². The number of nitrogens with one attached hydrogen (secondary N) is 2. The molecule has 2 aliphatic rings. The SMILES string of the molecule is Cc1n[nH]c2ncc(NC(=O)c3ccc4c(c3)nc(CN3CC=C(c5cccc(OCc6ccc(Cl)cc6F)n5)CC3)n4C[C@@H]3CCO3)cc12. The molecular weight excluding hydrogens is 659 g/mol. The molecule has 1 saturated heterocycles. The fourth-order valence-corrected chi connectivity index (χ4v) is 6.49. The minimum Gasteiger partial charge on any atom is -0.473 e. The summed E-state index contributed by atoms with van der Waals surface area (Å²) in [5, 5.41) is 11.2. The first-order valence-electron chi connectivity index (χ1n) is 16.5. The summed E-state index contributed by atoms with van der Waals surface area (Å²) in [7, 11) is 0. The number of pyridine rings is 2. The molecule has 1 atom stereocenters. The molecule has 8 rings (SSSR count). The van der Waals surface area contributed by atoms with Crippen LogP contribution in [0, 0.1) is 12.7 Å². The first-order chi connectivity index (χ1) is 24.4. The van der Waals surface area contributed by atoms with Gasteiger partial charge in [-0.15, -0.1) is 0 Å². The first kappa shape index (κ1) is 32.1. The van der Waals surface area contributed by atoms with E-state index in [9.17, 15) is 9.18 Å². The van der Waals surface area contributed by atoms with E-state index in [0.29, 0.717) is 46.5 Å². The lowest BCUT2D eigenvalue weighted by atomic mass is 10.0. The van der Waals surface area contributed by atoms with Crippen LogP contribution in [-0.2, 0) is 24.4 Å². The number of aryl methyl sites for hydroxylation is 1. The van der Waals surface area contributed by atoms with Gasteiger partial charge in [0.15, 0.2) is 5.65 Å². The van der Waals surface area contributed by atoms with Crippen molar-refractivity contribution in [3.05, 3.63) is 112 Å². The van der Waals surface area contributed by atoms with E-state index in [1.165, 1.54) is 6.07 Å². The van der Waals surface area contributed by atoms with Gasteiger partial charge < -0.3 is 19.4 Å². The Morgan fingerprint density at radius 3 is 2.86 bits per heavy atom. The van der Waals surface area contributed by atoms with Gasteiger partial charge in [-0.1, -0.05) is 29.8 Å². The van der Waals surface area contributed by atoms with Crippen molar-refractivity contribution in [3.63, 3.8) is 0 Å². The molecule has 254 valence electrons. The maximum absolute atomic E-state index is 14.2. The van der Waals surface area contributed by atoms with Crippen LogP contribution in [0.3, 0.4) is 0 Å². The smallest absolute Gasteiger partial charge is 0.255 e. The van der Waals surface area contributed by atoms with E-state index in [-0.39, 0.29) is 18.6 Å². The number of fused-ring (bicyclic) bond motifs is 2. The van der Waals surface area contributed by atoms with Crippen LogP contribution in [-0.4, -0.2) is 66.3 Å². The molecule has 11 nitrogen and oxygen atoms in total. The van der Waals surface area contributed by atoms with Gasteiger partial charge in [0, 0.05) is 47.3 Å². The number of aromatic amines is 1. The van der Waals surface area contributed by atoms with E-state index < -0.39 is 5.82 Å². The Kier molecular flexibility index (Phi) is 8.73. The normalized spacial score (nSPS) is 16.4. The predicted molar refractivity (Wildman–Crippen MR) is 189 cm³/mol. The van der Waals surface area contributed by atoms with Crippen molar-refractivity contribution in [1.29, 1.82) is 0 Å². The summed E-state index contributed by atoms with van der Waals surface area (Å²) in [6.07, 6.45) is 5.77. The Morgan fingerprint density at radius 2 is 2.06 bits per heavy atom. The zero-order chi connectivity index (χ0) is 34.2. The fraction of sp³-hybridized carbons (Fsp3) is 0.270. The number of nitrogens with zero attached hydrogens (tertiary/aromatic N) is 6. The maximum atomic E-state index is 14.2. The molecule has 2 aliphatic heterocycles. The first-order valence-corrected chi connectivity index (χ1v) is 16.9. The van der Waals surface area contributed by atoms with Gasteiger partial charge in [-0.2, -0.15) is 5.10 Å². The Hall–Kier alpha value is -5.17. The lowest BCUT2D eigenvalue weighted by Gasteiger charge is -2.29. The standard InChI is InChI=1S/C37H34ClFN8O3/c1-22-29-17-27(18-40-36(29)45-44-22)41-37(48)24-6-8-33-32(15-24)42-34(47(33)19-28-11-14-49-28)20-46-12-9-23(10-13-46)31-3-2-4-35(43-31)50-21-25-5-7-26(38)16-30(25)39/h2-9,15-18,28H,10-14,19-21H2,1H3,(H,41,48)(H,40,44,45)/t28-/m0/s1. The third-order valence-corrected chi connectivity index (χ3v) is 9.47. The van der Waals surface area contributed by atoms with Crippen molar-refractivity contribution in [2.24, 2.45) is 0 Å². The highest BCUT2D eigenvalue weighted by Crippen LogP contribution is 2.27. The van der Waals surface area contributed by atoms with Crippen LogP contribution in [0.1, 0.15) is 46.0 Å². The van der Waals surface area contributed by atoms with Crippen LogP contribution < -0.4 is 10.1 Å². The topological polar surface area (TPSA) is 123 Å². The second kappa shape index (κ2) is 13.6. The fourth-order valence-electron chi connectivity index (χ4n) is 6.33. The van der Waals surface area contributed by atoms with Crippen molar-refractivity contribution in [2.75, 3.05) is 25.0 Å². The van der Waals surface area contributed by atoms with Crippen LogP contribution in [0.15, 0.2) is 72.9 Å². The highest BCUT2D eigenvalue weighted by Gasteiger charge is 2.24. The van der Waals surface area contributed by atoms with Crippen molar-refractivity contribution in [2.45, 2.75) is 45.6 Å². The number of carbonyl (C=O) groups excluding carboxylic acids is 1. The van der Waals surface area contributed by atoms with E-state index in [1.54, 1.807) is 24.4 Å². The molecule has 0 spiro atoms. The monoisotopic (exact) mass is 692 g/mol.